The van der Waals surface area contributed by atoms with Crippen LogP contribution in [0, 0.1) is 12.3 Å². The second-order valence-electron chi connectivity index (χ2n) is 7.96. The minimum Gasteiger partial charge on any atom is -0.495 e. The number of benzene rings is 2. The summed E-state index contributed by atoms with van der Waals surface area (Å²) in [6, 6.07) is 13.4. The van der Waals surface area contributed by atoms with E-state index in [1.54, 1.807) is 13.3 Å². The zero-order chi connectivity index (χ0) is 24.9. The molecule has 4 rings (SSSR count). The molecule has 35 heavy (non-hydrogen) atoms. The van der Waals surface area contributed by atoms with Gasteiger partial charge in [0.2, 0.25) is 0 Å². The van der Waals surface area contributed by atoms with Crippen molar-refractivity contribution in [2.24, 2.45) is 7.05 Å². The SMILES string of the molecule is COc1cc(-c2cnc(C)n2C)ccc1Nc1cc2cc(/C(C=N)=C/NCC(F)F)ccc2cn1. The molecule has 3 N–H and O–H groups in total. The van der Waals surface area contributed by atoms with Crippen LogP contribution in [0.1, 0.15) is 11.4 Å². The first-order chi connectivity index (χ1) is 16.9. The summed E-state index contributed by atoms with van der Waals surface area (Å²) >= 11 is 0. The Morgan fingerprint density at radius 2 is 1.94 bits per heavy atom. The van der Waals surface area contributed by atoms with Crippen LogP contribution in [0.5, 0.6) is 5.75 Å². The van der Waals surface area contributed by atoms with E-state index in [0.717, 1.165) is 45.3 Å². The van der Waals surface area contributed by atoms with Crippen LogP contribution < -0.4 is 15.4 Å². The van der Waals surface area contributed by atoms with Gasteiger partial charge < -0.3 is 25.3 Å². The van der Waals surface area contributed by atoms with Crippen molar-refractivity contribution < 1.29 is 13.5 Å². The predicted octanol–water partition coefficient (Wildman–Crippen LogP) is 5.54. The number of alkyl halides is 2. The Hall–Kier alpha value is -4.27. The van der Waals surface area contributed by atoms with Crippen LogP contribution in [0.25, 0.3) is 27.6 Å². The van der Waals surface area contributed by atoms with Crippen LogP contribution in [0.2, 0.25) is 0 Å². The lowest BCUT2D eigenvalue weighted by Crippen LogP contribution is -2.15. The van der Waals surface area contributed by atoms with Crippen LogP contribution in [0.4, 0.5) is 20.3 Å². The van der Waals surface area contributed by atoms with Gasteiger partial charge in [0, 0.05) is 42.2 Å². The maximum absolute atomic E-state index is 12.4. The second kappa shape index (κ2) is 10.3. The quantitative estimate of drug-likeness (QED) is 0.276. The lowest BCUT2D eigenvalue weighted by Gasteiger charge is -2.13. The summed E-state index contributed by atoms with van der Waals surface area (Å²) in [4.78, 5) is 8.86. The van der Waals surface area contributed by atoms with E-state index in [1.165, 1.54) is 6.20 Å². The first kappa shape index (κ1) is 23.9. The van der Waals surface area contributed by atoms with E-state index < -0.39 is 13.0 Å². The van der Waals surface area contributed by atoms with E-state index in [4.69, 9.17) is 10.1 Å². The Morgan fingerprint density at radius 3 is 2.63 bits per heavy atom. The van der Waals surface area contributed by atoms with Gasteiger partial charge in [0.25, 0.3) is 6.43 Å². The molecule has 0 amide bonds. The molecule has 0 saturated carbocycles. The molecule has 2 aromatic carbocycles. The lowest BCUT2D eigenvalue weighted by atomic mass is 10.0. The second-order valence-corrected chi connectivity index (χ2v) is 7.96. The van der Waals surface area contributed by atoms with Crippen molar-refractivity contribution in [1.82, 2.24) is 19.9 Å². The van der Waals surface area contributed by atoms with Crippen molar-refractivity contribution in [3.63, 3.8) is 0 Å². The van der Waals surface area contributed by atoms with Crippen LogP contribution in [-0.4, -0.2) is 40.8 Å². The summed E-state index contributed by atoms with van der Waals surface area (Å²) in [5, 5.41) is 15.3. The van der Waals surface area contributed by atoms with Crippen molar-refractivity contribution in [2.75, 3.05) is 19.0 Å². The van der Waals surface area contributed by atoms with E-state index in [9.17, 15) is 8.78 Å². The number of methoxy groups -OCH3 is 1. The molecule has 0 unspecified atom stereocenters. The van der Waals surface area contributed by atoms with Gasteiger partial charge >= 0.3 is 0 Å². The third-order valence-electron chi connectivity index (χ3n) is 5.72. The number of halogens is 2. The first-order valence-corrected chi connectivity index (χ1v) is 11.0. The Kier molecular flexibility index (Phi) is 7.05. The molecular weight excluding hydrogens is 450 g/mol. The average Bonchev–Trinajstić information content (AvgIpc) is 3.19. The van der Waals surface area contributed by atoms with Crippen LogP contribution >= 0.6 is 0 Å². The monoisotopic (exact) mass is 476 g/mol. The molecule has 0 spiro atoms. The number of nitrogens with one attached hydrogen (secondary N) is 3. The highest BCUT2D eigenvalue weighted by Crippen LogP contribution is 2.33. The molecule has 0 bridgehead atoms. The van der Waals surface area contributed by atoms with Crippen molar-refractivity contribution in [2.45, 2.75) is 13.3 Å². The standard InChI is InChI=1S/C26H26F2N6O/c1-16-31-14-23(34(16)2)18-6-7-22(24(9-18)35-3)33-26-10-20-8-17(4-5-19(20)13-32-26)21(11-29)12-30-15-25(27)28/h4-14,25,29-30H,15H2,1-3H3,(H,32,33)/b21-12+,29-11?. The summed E-state index contributed by atoms with van der Waals surface area (Å²) in [6.45, 7) is 1.48. The normalized spacial score (nSPS) is 11.7. The zero-order valence-electron chi connectivity index (χ0n) is 19.6. The van der Waals surface area contributed by atoms with Crippen LogP contribution in [-0.2, 0) is 7.05 Å². The number of hydrogen-bond acceptors (Lipinski definition) is 6. The summed E-state index contributed by atoms with van der Waals surface area (Å²) in [5.41, 5.74) is 3.97. The zero-order valence-corrected chi connectivity index (χ0v) is 19.6. The number of rotatable bonds is 9. The van der Waals surface area contributed by atoms with E-state index >= 15 is 0 Å². The Morgan fingerprint density at radius 1 is 1.11 bits per heavy atom. The van der Waals surface area contributed by atoms with Crippen molar-refractivity contribution in [3.05, 3.63) is 72.4 Å². The molecule has 2 aromatic heterocycles. The fourth-order valence-corrected chi connectivity index (χ4v) is 3.72. The maximum Gasteiger partial charge on any atom is 0.255 e. The molecule has 0 aliphatic heterocycles. The Labute approximate surface area is 202 Å². The van der Waals surface area contributed by atoms with Gasteiger partial charge in [-0.25, -0.2) is 18.7 Å². The highest BCUT2D eigenvalue weighted by atomic mass is 19.3. The molecule has 0 aliphatic carbocycles. The number of fused-ring (bicyclic) bond motifs is 1. The summed E-state index contributed by atoms with van der Waals surface area (Å²) in [7, 11) is 3.59. The van der Waals surface area contributed by atoms with Crippen molar-refractivity contribution >= 4 is 34.1 Å². The topological polar surface area (TPSA) is 87.8 Å². The van der Waals surface area contributed by atoms with Crippen LogP contribution in [0.15, 0.2) is 61.1 Å². The van der Waals surface area contributed by atoms with Crippen LogP contribution in [0.3, 0.4) is 0 Å². The fraction of sp³-hybridized carbons (Fsp3) is 0.192. The van der Waals surface area contributed by atoms with Gasteiger partial charge in [-0.1, -0.05) is 18.2 Å². The van der Waals surface area contributed by atoms with Gasteiger partial charge in [-0.15, -0.1) is 0 Å². The summed E-state index contributed by atoms with van der Waals surface area (Å²) in [5.74, 6) is 2.20. The highest BCUT2D eigenvalue weighted by molar-refractivity contribution is 6.09. The van der Waals surface area contributed by atoms with Gasteiger partial charge in [0.15, 0.2) is 0 Å². The molecule has 0 saturated heterocycles. The average molecular weight is 477 g/mol. The number of ether oxygens (including phenoxy) is 1. The number of aromatic nitrogens is 3. The number of aryl methyl sites for hydroxylation is 1. The molecule has 9 heteroatoms. The van der Waals surface area contributed by atoms with Gasteiger partial charge in [-0.3, -0.25) is 0 Å². The molecular formula is C26H26F2N6O. The fourth-order valence-electron chi connectivity index (χ4n) is 3.72. The summed E-state index contributed by atoms with van der Waals surface area (Å²) < 4.78 is 32.5. The van der Waals surface area contributed by atoms with E-state index in [2.05, 4.69) is 20.6 Å². The lowest BCUT2D eigenvalue weighted by molar-refractivity contribution is 0.151. The van der Waals surface area contributed by atoms with E-state index in [0.29, 0.717) is 17.1 Å². The molecule has 0 atom stereocenters. The Balaban J connectivity index is 1.61. The number of nitrogens with zero attached hydrogens (tertiary/aromatic N) is 3. The maximum atomic E-state index is 12.4. The first-order valence-electron chi connectivity index (χ1n) is 11.0. The van der Waals surface area contributed by atoms with Crippen molar-refractivity contribution in [1.29, 1.82) is 5.41 Å². The van der Waals surface area contributed by atoms with Gasteiger partial charge in [0.1, 0.15) is 17.4 Å². The Bertz CT molecular complexity index is 1400. The van der Waals surface area contributed by atoms with Gasteiger partial charge in [0.05, 0.1) is 31.2 Å². The molecule has 180 valence electrons. The number of pyridine rings is 1. The molecule has 4 aromatic rings. The molecule has 2 heterocycles. The van der Waals surface area contributed by atoms with E-state index in [-0.39, 0.29) is 0 Å². The predicted molar refractivity (Wildman–Crippen MR) is 136 cm³/mol. The highest BCUT2D eigenvalue weighted by Gasteiger charge is 2.11. The van der Waals surface area contributed by atoms with E-state index in [1.807, 2.05) is 67.2 Å². The molecule has 0 fully saturated rings. The number of imidazole rings is 1. The van der Waals surface area contributed by atoms with Gasteiger partial charge in [-0.2, -0.15) is 0 Å². The smallest absolute Gasteiger partial charge is 0.255 e. The minimum atomic E-state index is -2.46. The molecule has 0 radical (unpaired) electrons. The third kappa shape index (κ3) is 5.29. The number of anilines is 2. The third-order valence-corrected chi connectivity index (χ3v) is 5.72. The number of allylic oxidation sites excluding steroid dienone is 1. The largest absolute Gasteiger partial charge is 0.495 e. The minimum absolute atomic E-state index is 0.469. The summed E-state index contributed by atoms with van der Waals surface area (Å²) in [6.07, 6.45) is 3.69. The number of hydrogen-bond donors (Lipinski definition) is 3. The van der Waals surface area contributed by atoms with Gasteiger partial charge in [-0.05, 0) is 42.1 Å². The van der Waals surface area contributed by atoms with Crippen molar-refractivity contribution in [3.8, 4) is 17.0 Å². The molecule has 0 aliphatic rings. The molecule has 7 nitrogen and oxygen atoms in total.